The molecule has 0 radical (unpaired) electrons. The maximum absolute atomic E-state index is 12.6. The van der Waals surface area contributed by atoms with E-state index in [-0.39, 0.29) is 24.0 Å². The maximum atomic E-state index is 12.6. The molecule has 0 unspecified atom stereocenters. The second kappa shape index (κ2) is 9.12. The maximum Gasteiger partial charge on any atom is 0.251 e. The zero-order valence-electron chi connectivity index (χ0n) is 18.6. The molecule has 0 bridgehead atoms. The SMILES string of the molecule is Cc1cc(C)n(C[C@H](C)NC(=O)c2ccc(OC3CCN(C(=O)C4CC4)CC3)cc2)n1. The van der Waals surface area contributed by atoms with Gasteiger partial charge in [0.2, 0.25) is 5.91 Å². The lowest BCUT2D eigenvalue weighted by molar-refractivity contribution is -0.134. The number of piperidine rings is 1. The lowest BCUT2D eigenvalue weighted by Gasteiger charge is -2.32. The van der Waals surface area contributed by atoms with Gasteiger partial charge in [0, 0.05) is 49.1 Å². The summed E-state index contributed by atoms with van der Waals surface area (Å²) in [6.45, 7) is 8.14. The van der Waals surface area contributed by atoms with Crippen LogP contribution in [0.25, 0.3) is 0 Å². The Morgan fingerprint density at radius 2 is 1.81 bits per heavy atom. The van der Waals surface area contributed by atoms with Gasteiger partial charge in [0.05, 0.1) is 12.2 Å². The molecule has 1 aliphatic carbocycles. The highest BCUT2D eigenvalue weighted by Gasteiger charge is 2.35. The number of rotatable bonds is 7. The molecule has 31 heavy (non-hydrogen) atoms. The fourth-order valence-corrected chi connectivity index (χ4v) is 4.13. The van der Waals surface area contributed by atoms with Crippen molar-refractivity contribution < 1.29 is 14.3 Å². The summed E-state index contributed by atoms with van der Waals surface area (Å²) in [5.41, 5.74) is 2.67. The number of hydrogen-bond donors (Lipinski definition) is 1. The molecular formula is C24H32N4O3. The molecule has 2 amide bonds. The highest BCUT2D eigenvalue weighted by atomic mass is 16.5. The van der Waals surface area contributed by atoms with Gasteiger partial charge in [-0.3, -0.25) is 14.3 Å². The van der Waals surface area contributed by atoms with E-state index < -0.39 is 0 Å². The number of nitrogens with zero attached hydrogens (tertiary/aromatic N) is 3. The van der Waals surface area contributed by atoms with Crippen molar-refractivity contribution >= 4 is 11.8 Å². The lowest BCUT2D eigenvalue weighted by Crippen LogP contribution is -2.42. The highest BCUT2D eigenvalue weighted by Crippen LogP contribution is 2.32. The van der Waals surface area contributed by atoms with Crippen LogP contribution in [-0.2, 0) is 11.3 Å². The van der Waals surface area contributed by atoms with E-state index in [0.717, 1.165) is 55.9 Å². The largest absolute Gasteiger partial charge is 0.490 e. The van der Waals surface area contributed by atoms with Crippen molar-refractivity contribution in [3.05, 3.63) is 47.3 Å². The Labute approximate surface area is 183 Å². The first-order chi connectivity index (χ1) is 14.9. The third-order valence-electron chi connectivity index (χ3n) is 6.03. The Balaban J connectivity index is 1.24. The molecule has 1 saturated heterocycles. The Morgan fingerprint density at radius 1 is 1.13 bits per heavy atom. The summed E-state index contributed by atoms with van der Waals surface area (Å²) in [6.07, 6.45) is 3.92. The van der Waals surface area contributed by atoms with E-state index in [9.17, 15) is 9.59 Å². The van der Waals surface area contributed by atoms with Crippen LogP contribution in [0.3, 0.4) is 0 Å². The van der Waals surface area contributed by atoms with E-state index in [1.54, 1.807) is 12.1 Å². The topological polar surface area (TPSA) is 76.5 Å². The molecule has 166 valence electrons. The predicted octanol–water partition coefficient (Wildman–Crippen LogP) is 3.10. The number of benzene rings is 1. The van der Waals surface area contributed by atoms with Crippen molar-refractivity contribution in [3.63, 3.8) is 0 Å². The number of likely N-dealkylation sites (tertiary alicyclic amines) is 1. The standard InChI is InChI=1S/C24H32N4O3/c1-16-14-18(3)28(26-16)15-17(2)25-23(29)19-6-8-21(9-7-19)31-22-10-12-27(13-11-22)24(30)20-4-5-20/h6-9,14,17,20,22H,4-5,10-13,15H2,1-3H3,(H,25,29)/t17-/m0/s1. The van der Waals surface area contributed by atoms with Crippen LogP contribution in [0.15, 0.2) is 30.3 Å². The number of carbonyl (C=O) groups excluding carboxylic acids is 2. The van der Waals surface area contributed by atoms with Gasteiger partial charge in [0.25, 0.3) is 5.91 Å². The highest BCUT2D eigenvalue weighted by molar-refractivity contribution is 5.94. The first kappa shape index (κ1) is 21.4. The zero-order chi connectivity index (χ0) is 22.0. The fourth-order valence-electron chi connectivity index (χ4n) is 4.13. The van der Waals surface area contributed by atoms with Crippen molar-refractivity contribution in [3.8, 4) is 5.75 Å². The monoisotopic (exact) mass is 424 g/mol. The van der Waals surface area contributed by atoms with Gasteiger partial charge >= 0.3 is 0 Å². The van der Waals surface area contributed by atoms with E-state index in [2.05, 4.69) is 10.4 Å². The smallest absolute Gasteiger partial charge is 0.251 e. The Kier molecular flexibility index (Phi) is 6.30. The number of carbonyl (C=O) groups is 2. The van der Waals surface area contributed by atoms with Gasteiger partial charge in [-0.25, -0.2) is 0 Å². The van der Waals surface area contributed by atoms with E-state index >= 15 is 0 Å². The van der Waals surface area contributed by atoms with Gasteiger partial charge in [0.15, 0.2) is 0 Å². The second-order valence-corrected chi connectivity index (χ2v) is 8.92. The minimum atomic E-state index is -0.104. The minimum Gasteiger partial charge on any atom is -0.490 e. The molecule has 1 saturated carbocycles. The van der Waals surface area contributed by atoms with Crippen LogP contribution in [0.5, 0.6) is 5.75 Å². The van der Waals surface area contributed by atoms with Gasteiger partial charge in [-0.05, 0) is 63.9 Å². The van der Waals surface area contributed by atoms with Crippen molar-refractivity contribution in [2.24, 2.45) is 5.92 Å². The molecule has 4 rings (SSSR count). The summed E-state index contributed by atoms with van der Waals surface area (Å²) in [6, 6.07) is 9.29. The normalized spacial score (nSPS) is 18.0. The minimum absolute atomic E-state index is 0.0371. The first-order valence-electron chi connectivity index (χ1n) is 11.3. The van der Waals surface area contributed by atoms with E-state index in [1.807, 2.05) is 48.6 Å². The van der Waals surface area contributed by atoms with Gasteiger partial charge in [-0.1, -0.05) is 0 Å². The van der Waals surface area contributed by atoms with E-state index in [0.29, 0.717) is 18.0 Å². The summed E-state index contributed by atoms with van der Waals surface area (Å²) in [5, 5.41) is 7.48. The molecule has 0 spiro atoms. The number of amides is 2. The molecule has 1 aromatic heterocycles. The molecule has 2 heterocycles. The zero-order valence-corrected chi connectivity index (χ0v) is 18.6. The molecule has 2 aromatic rings. The Hall–Kier alpha value is -2.83. The van der Waals surface area contributed by atoms with Gasteiger partial charge in [0.1, 0.15) is 11.9 Å². The number of ether oxygens (including phenoxy) is 1. The summed E-state index contributed by atoms with van der Waals surface area (Å²) in [4.78, 5) is 26.7. The van der Waals surface area contributed by atoms with Crippen molar-refractivity contribution in [1.82, 2.24) is 20.0 Å². The van der Waals surface area contributed by atoms with Crippen LogP contribution in [0, 0.1) is 19.8 Å². The Bertz CT molecular complexity index is 925. The summed E-state index contributed by atoms with van der Waals surface area (Å²) < 4.78 is 8.01. The molecule has 2 aliphatic rings. The van der Waals surface area contributed by atoms with Crippen molar-refractivity contribution in [2.75, 3.05) is 13.1 Å². The number of hydrogen-bond acceptors (Lipinski definition) is 4. The second-order valence-electron chi connectivity index (χ2n) is 8.92. The summed E-state index contributed by atoms with van der Waals surface area (Å²) in [5.74, 6) is 1.26. The van der Waals surface area contributed by atoms with E-state index in [1.165, 1.54) is 0 Å². The van der Waals surface area contributed by atoms with Crippen LogP contribution in [-0.4, -0.2) is 51.7 Å². The summed E-state index contributed by atoms with van der Waals surface area (Å²) >= 11 is 0. The average Bonchev–Trinajstić information content (AvgIpc) is 3.54. The molecular weight excluding hydrogens is 392 g/mol. The lowest BCUT2D eigenvalue weighted by atomic mass is 10.1. The third-order valence-corrected chi connectivity index (χ3v) is 6.03. The molecule has 1 aromatic carbocycles. The molecule has 1 aliphatic heterocycles. The van der Waals surface area contributed by atoms with Crippen LogP contribution in [0.4, 0.5) is 0 Å². The predicted molar refractivity (Wildman–Crippen MR) is 118 cm³/mol. The van der Waals surface area contributed by atoms with Crippen LogP contribution >= 0.6 is 0 Å². The first-order valence-corrected chi connectivity index (χ1v) is 11.3. The van der Waals surface area contributed by atoms with Crippen molar-refractivity contribution in [1.29, 1.82) is 0 Å². The summed E-state index contributed by atoms with van der Waals surface area (Å²) in [7, 11) is 0. The quantitative estimate of drug-likeness (QED) is 0.741. The third kappa shape index (κ3) is 5.46. The molecule has 7 nitrogen and oxygen atoms in total. The van der Waals surface area contributed by atoms with Crippen LogP contribution in [0.1, 0.15) is 54.4 Å². The van der Waals surface area contributed by atoms with E-state index in [4.69, 9.17) is 4.74 Å². The number of aromatic nitrogens is 2. The van der Waals surface area contributed by atoms with Crippen LogP contribution in [0.2, 0.25) is 0 Å². The molecule has 2 fully saturated rings. The van der Waals surface area contributed by atoms with Gasteiger partial charge in [-0.2, -0.15) is 5.10 Å². The van der Waals surface area contributed by atoms with Crippen LogP contribution < -0.4 is 10.1 Å². The fraction of sp³-hybridized carbons (Fsp3) is 0.542. The average molecular weight is 425 g/mol. The molecule has 1 atom stereocenters. The van der Waals surface area contributed by atoms with Gasteiger partial charge < -0.3 is 15.0 Å². The molecule has 1 N–H and O–H groups in total. The Morgan fingerprint density at radius 3 is 2.39 bits per heavy atom. The number of aryl methyl sites for hydroxylation is 2. The van der Waals surface area contributed by atoms with Crippen molar-refractivity contribution in [2.45, 2.75) is 65.1 Å². The number of nitrogens with one attached hydrogen (secondary N) is 1. The van der Waals surface area contributed by atoms with Gasteiger partial charge in [-0.15, -0.1) is 0 Å². The molecule has 7 heteroatoms.